The van der Waals surface area contributed by atoms with Crippen molar-refractivity contribution in [3.63, 3.8) is 0 Å². The Kier molecular flexibility index (Phi) is 9.77. The third-order valence-corrected chi connectivity index (χ3v) is 4.76. The highest BCUT2D eigenvalue weighted by molar-refractivity contribution is 14.0. The normalized spacial score (nSPS) is 15.1. The molecule has 0 bridgehead atoms. The second kappa shape index (κ2) is 12.1. The molecule has 0 atom stereocenters. The summed E-state index contributed by atoms with van der Waals surface area (Å²) in [7, 11) is 0. The minimum absolute atomic E-state index is 0. The Bertz CT molecular complexity index is 723. The third kappa shape index (κ3) is 7.09. The summed E-state index contributed by atoms with van der Waals surface area (Å²) in [4.78, 5) is 11.7. The Morgan fingerprint density at radius 3 is 2.61 bits per heavy atom. The Labute approximate surface area is 185 Å². The second-order valence-electron chi connectivity index (χ2n) is 7.03. The van der Waals surface area contributed by atoms with E-state index in [9.17, 15) is 0 Å². The van der Waals surface area contributed by atoms with Crippen molar-refractivity contribution < 1.29 is 4.42 Å². The van der Waals surface area contributed by atoms with E-state index in [1.54, 1.807) is 6.26 Å². The predicted octanol–water partition coefficient (Wildman–Crippen LogP) is 3.81. The first-order valence-electron chi connectivity index (χ1n) is 10.0. The van der Waals surface area contributed by atoms with Crippen LogP contribution in [0.25, 0.3) is 11.5 Å². The number of nitrogens with one attached hydrogen (secondary N) is 2. The Balaban J connectivity index is 0.00000280. The van der Waals surface area contributed by atoms with E-state index in [0.29, 0.717) is 12.4 Å². The lowest BCUT2D eigenvalue weighted by Crippen LogP contribution is -2.42. The number of halogens is 1. The van der Waals surface area contributed by atoms with Crippen LogP contribution in [0.3, 0.4) is 0 Å². The molecule has 7 heteroatoms. The van der Waals surface area contributed by atoms with Crippen molar-refractivity contribution in [1.29, 1.82) is 0 Å². The summed E-state index contributed by atoms with van der Waals surface area (Å²) in [6, 6.07) is 8.18. The van der Waals surface area contributed by atoms with Gasteiger partial charge in [-0.3, -0.25) is 0 Å². The van der Waals surface area contributed by atoms with Crippen molar-refractivity contribution >= 4 is 29.9 Å². The number of guanidine groups is 1. The molecule has 154 valence electrons. The number of benzene rings is 1. The largest absolute Gasteiger partial charge is 0.444 e. The van der Waals surface area contributed by atoms with Gasteiger partial charge in [-0.05, 0) is 51.9 Å². The number of hydrogen-bond acceptors (Lipinski definition) is 4. The second-order valence-corrected chi connectivity index (χ2v) is 7.03. The SMILES string of the molecule is CCNC(=NCc1coc(-c2ccc(C)cc2)n1)NCCN1CCCCC1.I. The molecular weight excluding hydrogens is 465 g/mol. The van der Waals surface area contributed by atoms with Gasteiger partial charge in [0.2, 0.25) is 5.89 Å². The smallest absolute Gasteiger partial charge is 0.226 e. The quantitative estimate of drug-likeness (QED) is 0.346. The van der Waals surface area contributed by atoms with Crippen LogP contribution >= 0.6 is 24.0 Å². The molecule has 1 aromatic carbocycles. The molecule has 6 nitrogen and oxygen atoms in total. The van der Waals surface area contributed by atoms with Crippen molar-refractivity contribution in [3.8, 4) is 11.5 Å². The molecule has 2 heterocycles. The van der Waals surface area contributed by atoms with Crippen LogP contribution in [0.4, 0.5) is 0 Å². The number of hydrogen-bond donors (Lipinski definition) is 2. The molecule has 0 amide bonds. The molecule has 0 spiro atoms. The highest BCUT2D eigenvalue weighted by Crippen LogP contribution is 2.19. The molecule has 0 radical (unpaired) electrons. The van der Waals surface area contributed by atoms with Gasteiger partial charge in [0.05, 0.1) is 6.54 Å². The van der Waals surface area contributed by atoms with Crippen molar-refractivity contribution in [2.24, 2.45) is 4.99 Å². The number of aromatic nitrogens is 1. The van der Waals surface area contributed by atoms with E-state index >= 15 is 0 Å². The standard InChI is InChI=1S/C21H31N5O.HI/c1-3-22-21(23-11-14-26-12-5-4-6-13-26)24-15-19-16-27-20(25-19)18-9-7-17(2)8-10-18;/h7-10,16H,3-6,11-15H2,1-2H3,(H2,22,23,24);1H. The first-order chi connectivity index (χ1) is 13.2. The number of rotatable bonds is 7. The summed E-state index contributed by atoms with van der Waals surface area (Å²) < 4.78 is 5.62. The fourth-order valence-corrected chi connectivity index (χ4v) is 3.23. The molecule has 1 aliphatic rings. The number of nitrogens with zero attached hydrogens (tertiary/aromatic N) is 3. The molecule has 1 fully saturated rings. The maximum Gasteiger partial charge on any atom is 0.226 e. The van der Waals surface area contributed by atoms with Gasteiger partial charge in [-0.25, -0.2) is 9.98 Å². The molecule has 28 heavy (non-hydrogen) atoms. The van der Waals surface area contributed by atoms with Gasteiger partial charge < -0.3 is 20.0 Å². The van der Waals surface area contributed by atoms with Gasteiger partial charge in [0, 0.05) is 25.2 Å². The zero-order chi connectivity index (χ0) is 18.9. The molecule has 2 aromatic rings. The van der Waals surface area contributed by atoms with Crippen LogP contribution in [-0.4, -0.2) is 48.6 Å². The molecule has 1 aromatic heterocycles. The van der Waals surface area contributed by atoms with Crippen molar-refractivity contribution in [1.82, 2.24) is 20.5 Å². The molecule has 3 rings (SSSR count). The van der Waals surface area contributed by atoms with E-state index in [4.69, 9.17) is 4.42 Å². The van der Waals surface area contributed by atoms with Crippen molar-refractivity contribution in [3.05, 3.63) is 41.8 Å². The molecule has 2 N–H and O–H groups in total. The molecule has 1 saturated heterocycles. The first-order valence-corrected chi connectivity index (χ1v) is 10.0. The molecular formula is C21H32IN5O. The van der Waals surface area contributed by atoms with Crippen molar-refractivity contribution in [2.45, 2.75) is 39.7 Å². The zero-order valence-corrected chi connectivity index (χ0v) is 19.2. The monoisotopic (exact) mass is 497 g/mol. The third-order valence-electron chi connectivity index (χ3n) is 4.76. The van der Waals surface area contributed by atoms with E-state index in [2.05, 4.69) is 51.5 Å². The van der Waals surface area contributed by atoms with E-state index in [-0.39, 0.29) is 24.0 Å². The summed E-state index contributed by atoms with van der Waals surface area (Å²) in [5.41, 5.74) is 3.04. The molecule has 0 saturated carbocycles. The number of aryl methyl sites for hydroxylation is 1. The number of piperidine rings is 1. The van der Waals surface area contributed by atoms with E-state index in [0.717, 1.165) is 36.9 Å². The zero-order valence-electron chi connectivity index (χ0n) is 16.9. The van der Waals surface area contributed by atoms with Gasteiger partial charge in [-0.15, -0.1) is 24.0 Å². The van der Waals surface area contributed by atoms with E-state index in [1.807, 2.05) is 12.1 Å². The minimum atomic E-state index is 0. The first kappa shape index (κ1) is 22.7. The molecule has 1 aliphatic heterocycles. The lowest BCUT2D eigenvalue weighted by molar-refractivity contribution is 0.232. The number of oxazole rings is 1. The van der Waals surface area contributed by atoms with Crippen LogP contribution in [0.5, 0.6) is 0 Å². The van der Waals surface area contributed by atoms with Gasteiger partial charge in [-0.1, -0.05) is 24.1 Å². The lowest BCUT2D eigenvalue weighted by atomic mass is 10.1. The van der Waals surface area contributed by atoms with Crippen LogP contribution in [0.1, 0.15) is 37.4 Å². The van der Waals surface area contributed by atoms with Gasteiger partial charge in [-0.2, -0.15) is 0 Å². The van der Waals surface area contributed by atoms with Crippen molar-refractivity contribution in [2.75, 3.05) is 32.7 Å². The summed E-state index contributed by atoms with van der Waals surface area (Å²) in [6.45, 7) is 9.88. The Morgan fingerprint density at radius 2 is 1.89 bits per heavy atom. The van der Waals surface area contributed by atoms with Crippen LogP contribution in [0, 0.1) is 6.92 Å². The van der Waals surface area contributed by atoms with E-state index in [1.165, 1.54) is 37.9 Å². The van der Waals surface area contributed by atoms with Crippen LogP contribution in [0.2, 0.25) is 0 Å². The maximum atomic E-state index is 5.62. The number of likely N-dealkylation sites (tertiary alicyclic amines) is 1. The highest BCUT2D eigenvalue weighted by atomic mass is 127. The molecule has 0 aliphatic carbocycles. The minimum Gasteiger partial charge on any atom is -0.444 e. The maximum absolute atomic E-state index is 5.62. The Hall–Kier alpha value is -1.61. The topological polar surface area (TPSA) is 65.7 Å². The van der Waals surface area contributed by atoms with Crippen LogP contribution in [0.15, 0.2) is 39.9 Å². The van der Waals surface area contributed by atoms with Gasteiger partial charge in [0.25, 0.3) is 0 Å². The van der Waals surface area contributed by atoms with Gasteiger partial charge >= 0.3 is 0 Å². The average Bonchev–Trinajstić information content (AvgIpc) is 3.16. The fraction of sp³-hybridized carbons (Fsp3) is 0.524. The van der Waals surface area contributed by atoms with Gasteiger partial charge in [0.15, 0.2) is 5.96 Å². The van der Waals surface area contributed by atoms with Gasteiger partial charge in [0.1, 0.15) is 12.0 Å². The summed E-state index contributed by atoms with van der Waals surface area (Å²) in [6.07, 6.45) is 5.71. The lowest BCUT2D eigenvalue weighted by Gasteiger charge is -2.26. The Morgan fingerprint density at radius 1 is 1.14 bits per heavy atom. The number of aliphatic imine (C=N–C) groups is 1. The summed E-state index contributed by atoms with van der Waals surface area (Å²) in [5.74, 6) is 1.47. The average molecular weight is 497 g/mol. The van der Waals surface area contributed by atoms with E-state index < -0.39 is 0 Å². The van der Waals surface area contributed by atoms with Crippen LogP contribution < -0.4 is 10.6 Å². The summed E-state index contributed by atoms with van der Waals surface area (Å²) >= 11 is 0. The molecule has 0 unspecified atom stereocenters. The summed E-state index contributed by atoms with van der Waals surface area (Å²) in [5, 5.41) is 6.72. The predicted molar refractivity (Wildman–Crippen MR) is 125 cm³/mol. The fourth-order valence-electron chi connectivity index (χ4n) is 3.23. The van der Waals surface area contributed by atoms with Crippen LogP contribution in [-0.2, 0) is 6.54 Å². The highest BCUT2D eigenvalue weighted by Gasteiger charge is 2.10.